The van der Waals surface area contributed by atoms with Crippen molar-refractivity contribution in [2.24, 2.45) is 0 Å². The summed E-state index contributed by atoms with van der Waals surface area (Å²) in [6.07, 6.45) is 2.57. The molecule has 4 nitrogen and oxygen atoms in total. The van der Waals surface area contributed by atoms with Crippen LogP contribution in [0.15, 0.2) is 42.0 Å². The number of carbonyl (C=O) groups is 1. The van der Waals surface area contributed by atoms with Crippen molar-refractivity contribution in [2.75, 3.05) is 33.2 Å². The fourth-order valence-electron chi connectivity index (χ4n) is 2.92. The lowest BCUT2D eigenvalue weighted by molar-refractivity contribution is 0.104. The van der Waals surface area contributed by atoms with E-state index >= 15 is 0 Å². The van der Waals surface area contributed by atoms with Gasteiger partial charge in [-0.1, -0.05) is 12.1 Å². The van der Waals surface area contributed by atoms with Gasteiger partial charge in [-0.3, -0.25) is 4.79 Å². The van der Waals surface area contributed by atoms with E-state index in [1.165, 1.54) is 0 Å². The van der Waals surface area contributed by atoms with E-state index in [1.54, 1.807) is 20.3 Å². The van der Waals surface area contributed by atoms with Gasteiger partial charge in [-0.15, -0.1) is 12.4 Å². The zero-order valence-electron chi connectivity index (χ0n) is 14.8. The third kappa shape index (κ3) is 3.64. The zero-order chi connectivity index (χ0) is 17.3. The van der Waals surface area contributed by atoms with Crippen molar-refractivity contribution in [3.63, 3.8) is 0 Å². The highest BCUT2D eigenvalue weighted by Gasteiger charge is 2.27. The summed E-state index contributed by atoms with van der Waals surface area (Å²) in [6.45, 7) is 0. The van der Waals surface area contributed by atoms with E-state index in [9.17, 15) is 4.79 Å². The molecule has 0 saturated carbocycles. The summed E-state index contributed by atoms with van der Waals surface area (Å²) < 4.78 is 10.6. The number of anilines is 1. The minimum Gasteiger partial charge on any atom is -0.493 e. The van der Waals surface area contributed by atoms with Crippen molar-refractivity contribution in [3.8, 4) is 11.5 Å². The molecule has 2 aromatic rings. The van der Waals surface area contributed by atoms with Crippen molar-refractivity contribution in [1.82, 2.24) is 0 Å². The maximum Gasteiger partial charge on any atom is 0.189 e. The van der Waals surface area contributed by atoms with Gasteiger partial charge in [0.2, 0.25) is 0 Å². The molecule has 0 aliphatic heterocycles. The van der Waals surface area contributed by atoms with Crippen molar-refractivity contribution < 1.29 is 14.3 Å². The number of hydrogen-bond donors (Lipinski definition) is 0. The molecular formula is C20H22ClNO3. The second-order valence-corrected chi connectivity index (χ2v) is 6.03. The lowest BCUT2D eigenvalue weighted by atomic mass is 10.1. The molecule has 0 amide bonds. The number of carbonyl (C=O) groups excluding carboxylic acids is 1. The van der Waals surface area contributed by atoms with Crippen LogP contribution in [0.3, 0.4) is 0 Å². The SMILES string of the molecule is COc1cc2c(cc1OC)C(=O)/C(=C/c1ccc(N(C)C)cc1)C2.Cl. The summed E-state index contributed by atoms with van der Waals surface area (Å²) >= 11 is 0. The Hall–Kier alpha value is -2.46. The third-order valence-electron chi connectivity index (χ3n) is 4.28. The summed E-state index contributed by atoms with van der Waals surface area (Å²) in [5.74, 6) is 1.30. The van der Waals surface area contributed by atoms with Gasteiger partial charge in [0.05, 0.1) is 14.2 Å². The Morgan fingerprint density at radius 1 is 1.00 bits per heavy atom. The number of Topliss-reactive ketones (excluding diaryl/α,β-unsaturated/α-hetero) is 1. The molecular weight excluding hydrogens is 338 g/mol. The topological polar surface area (TPSA) is 38.8 Å². The molecule has 0 unspecified atom stereocenters. The van der Waals surface area contributed by atoms with Crippen LogP contribution in [0.25, 0.3) is 6.08 Å². The molecule has 1 aliphatic rings. The van der Waals surface area contributed by atoms with Crippen LogP contribution in [0.1, 0.15) is 21.5 Å². The quantitative estimate of drug-likeness (QED) is 0.773. The zero-order valence-corrected chi connectivity index (χ0v) is 15.6. The fourth-order valence-corrected chi connectivity index (χ4v) is 2.92. The van der Waals surface area contributed by atoms with Crippen LogP contribution < -0.4 is 14.4 Å². The van der Waals surface area contributed by atoms with Gasteiger partial charge in [-0.05, 0) is 41.5 Å². The smallest absolute Gasteiger partial charge is 0.189 e. The highest BCUT2D eigenvalue weighted by atomic mass is 35.5. The van der Waals surface area contributed by atoms with Gasteiger partial charge >= 0.3 is 0 Å². The standard InChI is InChI=1S/C20H21NO3.ClH/c1-21(2)16-7-5-13(6-8-16)9-15-10-14-11-18(23-3)19(24-4)12-17(14)20(15)22;/h5-9,11-12H,10H2,1-4H3;1H/b15-9+;. The second kappa shape index (κ2) is 7.62. The highest BCUT2D eigenvalue weighted by Crippen LogP contribution is 2.37. The largest absolute Gasteiger partial charge is 0.493 e. The number of methoxy groups -OCH3 is 2. The second-order valence-electron chi connectivity index (χ2n) is 6.03. The first-order chi connectivity index (χ1) is 11.5. The Labute approximate surface area is 154 Å². The molecule has 0 radical (unpaired) electrons. The molecule has 5 heteroatoms. The predicted molar refractivity (Wildman–Crippen MR) is 104 cm³/mol. The molecule has 0 heterocycles. The Bertz CT molecular complexity index is 810. The van der Waals surface area contributed by atoms with Crippen molar-refractivity contribution in [2.45, 2.75) is 6.42 Å². The molecule has 2 aromatic carbocycles. The van der Waals surface area contributed by atoms with Gasteiger partial charge in [0.15, 0.2) is 17.3 Å². The molecule has 0 atom stereocenters. The summed E-state index contributed by atoms with van der Waals surface area (Å²) in [4.78, 5) is 14.7. The number of rotatable bonds is 4. The van der Waals surface area contributed by atoms with Gasteiger partial charge in [-0.25, -0.2) is 0 Å². The lowest BCUT2D eigenvalue weighted by Crippen LogP contribution is -2.07. The van der Waals surface area contributed by atoms with Crippen LogP contribution in [0.2, 0.25) is 0 Å². The number of hydrogen-bond acceptors (Lipinski definition) is 4. The van der Waals surface area contributed by atoms with Crippen LogP contribution in [-0.2, 0) is 6.42 Å². The molecule has 0 fully saturated rings. The molecule has 3 rings (SSSR count). The van der Waals surface area contributed by atoms with Gasteiger partial charge in [-0.2, -0.15) is 0 Å². The van der Waals surface area contributed by atoms with Crippen LogP contribution in [0.4, 0.5) is 5.69 Å². The molecule has 0 spiro atoms. The van der Waals surface area contributed by atoms with Crippen LogP contribution in [-0.4, -0.2) is 34.1 Å². The molecule has 0 aromatic heterocycles. The van der Waals surface area contributed by atoms with Crippen LogP contribution in [0, 0.1) is 0 Å². The third-order valence-corrected chi connectivity index (χ3v) is 4.28. The number of ether oxygens (including phenoxy) is 2. The van der Waals surface area contributed by atoms with E-state index < -0.39 is 0 Å². The summed E-state index contributed by atoms with van der Waals surface area (Å²) in [7, 11) is 7.19. The number of halogens is 1. The molecule has 132 valence electrons. The van der Waals surface area contributed by atoms with E-state index in [-0.39, 0.29) is 18.2 Å². The lowest BCUT2D eigenvalue weighted by Gasteiger charge is -2.11. The van der Waals surface area contributed by atoms with E-state index in [1.807, 2.05) is 55.4 Å². The molecule has 0 bridgehead atoms. The van der Waals surface area contributed by atoms with Crippen LogP contribution >= 0.6 is 12.4 Å². The Morgan fingerprint density at radius 3 is 2.16 bits per heavy atom. The number of fused-ring (bicyclic) bond motifs is 1. The van der Waals surface area contributed by atoms with Crippen molar-refractivity contribution >= 4 is 30.0 Å². The van der Waals surface area contributed by atoms with Gasteiger partial charge < -0.3 is 14.4 Å². The maximum atomic E-state index is 12.7. The number of allylic oxidation sites excluding steroid dienone is 1. The van der Waals surface area contributed by atoms with Crippen LogP contribution in [0.5, 0.6) is 11.5 Å². The van der Waals surface area contributed by atoms with E-state index in [0.717, 1.165) is 22.4 Å². The first-order valence-electron chi connectivity index (χ1n) is 7.81. The minimum atomic E-state index is 0. The first kappa shape index (κ1) is 18.9. The number of ketones is 1. The Kier molecular flexibility index (Phi) is 5.75. The molecule has 0 N–H and O–H groups in total. The maximum absolute atomic E-state index is 12.7. The van der Waals surface area contributed by atoms with Gasteiger partial charge in [0.25, 0.3) is 0 Å². The normalized spacial score (nSPS) is 14.1. The fraction of sp³-hybridized carbons (Fsp3) is 0.250. The van der Waals surface area contributed by atoms with E-state index in [0.29, 0.717) is 23.5 Å². The summed E-state index contributed by atoms with van der Waals surface area (Å²) in [5, 5.41) is 0. The van der Waals surface area contributed by atoms with E-state index in [4.69, 9.17) is 9.47 Å². The van der Waals surface area contributed by atoms with E-state index in [2.05, 4.69) is 0 Å². The average molecular weight is 360 g/mol. The van der Waals surface area contributed by atoms with Crippen molar-refractivity contribution in [1.29, 1.82) is 0 Å². The molecule has 1 aliphatic carbocycles. The van der Waals surface area contributed by atoms with Crippen molar-refractivity contribution in [3.05, 3.63) is 58.7 Å². The molecule has 0 saturated heterocycles. The minimum absolute atomic E-state index is 0. The number of benzene rings is 2. The molecule has 25 heavy (non-hydrogen) atoms. The summed E-state index contributed by atoms with van der Waals surface area (Å²) in [6, 6.07) is 11.8. The number of nitrogens with zero attached hydrogens (tertiary/aromatic N) is 1. The van der Waals surface area contributed by atoms with Gasteiger partial charge in [0.1, 0.15) is 0 Å². The average Bonchev–Trinajstić information content (AvgIpc) is 2.89. The van der Waals surface area contributed by atoms with Gasteiger partial charge in [0, 0.05) is 37.3 Å². The highest BCUT2D eigenvalue weighted by molar-refractivity contribution is 6.15. The Balaban J connectivity index is 0.00000225. The Morgan fingerprint density at radius 2 is 1.60 bits per heavy atom. The first-order valence-corrected chi connectivity index (χ1v) is 7.81. The summed E-state index contributed by atoms with van der Waals surface area (Å²) in [5.41, 5.74) is 4.62. The predicted octanol–water partition coefficient (Wildman–Crippen LogP) is 4.01. The monoisotopic (exact) mass is 359 g/mol.